The van der Waals surface area contributed by atoms with Crippen LogP contribution in [0.3, 0.4) is 0 Å². The second-order valence-electron chi connectivity index (χ2n) is 5.81. The van der Waals surface area contributed by atoms with Crippen LogP contribution in [-0.2, 0) is 6.18 Å². The van der Waals surface area contributed by atoms with E-state index in [1.54, 1.807) is 0 Å². The summed E-state index contributed by atoms with van der Waals surface area (Å²) in [4.78, 5) is 12.3. The molecule has 2 fully saturated rings. The molecule has 1 saturated heterocycles. The van der Waals surface area contributed by atoms with Gasteiger partial charge in [0.2, 0.25) is 0 Å². The Morgan fingerprint density at radius 2 is 1.75 bits per heavy atom. The minimum atomic E-state index is -4.35. The fraction of sp³-hybridized carbons (Fsp3) is 0.533. The normalized spacial score (nSPS) is 24.6. The van der Waals surface area contributed by atoms with Gasteiger partial charge in [-0.1, -0.05) is 12.1 Å². The van der Waals surface area contributed by atoms with Crippen molar-refractivity contribution < 1.29 is 18.0 Å². The largest absolute Gasteiger partial charge is 0.416 e. The lowest BCUT2D eigenvalue weighted by atomic mass is 9.89. The fourth-order valence-corrected chi connectivity index (χ4v) is 3.22. The third kappa shape index (κ3) is 2.35. The lowest BCUT2D eigenvalue weighted by Crippen LogP contribution is -2.30. The van der Waals surface area contributed by atoms with Crippen molar-refractivity contribution in [2.75, 3.05) is 13.1 Å². The summed E-state index contributed by atoms with van der Waals surface area (Å²) in [7, 11) is 0. The first-order chi connectivity index (χ1) is 9.42. The highest BCUT2D eigenvalue weighted by atomic mass is 19.4. The molecule has 1 saturated carbocycles. The quantitative estimate of drug-likeness (QED) is 0.844. The van der Waals surface area contributed by atoms with Crippen LogP contribution in [0.15, 0.2) is 24.3 Å². The maximum atomic E-state index is 12.5. The van der Waals surface area contributed by atoms with Crippen LogP contribution in [0.5, 0.6) is 0 Å². The molecule has 2 aliphatic rings. The molecule has 1 aliphatic heterocycles. The minimum Gasteiger partial charge on any atom is -0.317 e. The monoisotopic (exact) mass is 283 g/mol. The van der Waals surface area contributed by atoms with Gasteiger partial charge in [0, 0.05) is 11.5 Å². The SMILES string of the molecule is O=C(c1ccc(C(F)(F)F)cc1)C1CC12CCNCC2. The maximum Gasteiger partial charge on any atom is 0.416 e. The van der Waals surface area contributed by atoms with Crippen molar-refractivity contribution in [1.82, 2.24) is 5.32 Å². The Morgan fingerprint density at radius 3 is 2.30 bits per heavy atom. The number of Topliss-reactive ketones (excluding diaryl/α,β-unsaturated/α-hetero) is 1. The number of carbonyl (C=O) groups is 1. The van der Waals surface area contributed by atoms with Crippen LogP contribution < -0.4 is 5.32 Å². The van der Waals surface area contributed by atoms with E-state index in [-0.39, 0.29) is 17.1 Å². The smallest absolute Gasteiger partial charge is 0.317 e. The van der Waals surface area contributed by atoms with Gasteiger partial charge in [-0.2, -0.15) is 13.2 Å². The number of rotatable bonds is 2. The molecule has 1 aromatic carbocycles. The molecule has 1 aliphatic carbocycles. The molecule has 0 amide bonds. The molecule has 0 bridgehead atoms. The summed E-state index contributed by atoms with van der Waals surface area (Å²) >= 11 is 0. The van der Waals surface area contributed by atoms with Crippen LogP contribution in [-0.4, -0.2) is 18.9 Å². The van der Waals surface area contributed by atoms with Crippen molar-refractivity contribution in [2.24, 2.45) is 11.3 Å². The first-order valence-electron chi connectivity index (χ1n) is 6.85. The second-order valence-corrected chi connectivity index (χ2v) is 5.81. The molecule has 1 N–H and O–H groups in total. The molecule has 0 radical (unpaired) electrons. The Morgan fingerprint density at radius 1 is 1.15 bits per heavy atom. The summed E-state index contributed by atoms with van der Waals surface area (Å²) in [6, 6.07) is 4.59. The topological polar surface area (TPSA) is 29.1 Å². The zero-order chi connectivity index (χ0) is 14.4. The second kappa shape index (κ2) is 4.58. The van der Waals surface area contributed by atoms with E-state index in [9.17, 15) is 18.0 Å². The van der Waals surface area contributed by atoms with Gasteiger partial charge in [0.1, 0.15) is 0 Å². The molecule has 3 rings (SSSR count). The van der Waals surface area contributed by atoms with Gasteiger partial charge in [-0.3, -0.25) is 4.79 Å². The molecule has 1 atom stereocenters. The van der Waals surface area contributed by atoms with Gasteiger partial charge in [-0.25, -0.2) is 0 Å². The van der Waals surface area contributed by atoms with E-state index in [1.807, 2.05) is 0 Å². The van der Waals surface area contributed by atoms with Crippen LogP contribution in [0.4, 0.5) is 13.2 Å². The summed E-state index contributed by atoms with van der Waals surface area (Å²) in [6.45, 7) is 1.85. The molecule has 1 spiro atoms. The van der Waals surface area contributed by atoms with Crippen molar-refractivity contribution in [3.05, 3.63) is 35.4 Å². The highest BCUT2D eigenvalue weighted by molar-refractivity contribution is 6.00. The van der Waals surface area contributed by atoms with Crippen molar-refractivity contribution >= 4 is 5.78 Å². The third-order valence-electron chi connectivity index (χ3n) is 4.60. The van der Waals surface area contributed by atoms with Gasteiger partial charge < -0.3 is 5.32 Å². The highest BCUT2D eigenvalue weighted by Gasteiger charge is 2.57. The number of halogens is 3. The number of hydrogen-bond donors (Lipinski definition) is 1. The molecule has 108 valence electrons. The van der Waals surface area contributed by atoms with E-state index in [0.717, 1.165) is 44.5 Å². The third-order valence-corrected chi connectivity index (χ3v) is 4.60. The maximum absolute atomic E-state index is 12.5. The Hall–Kier alpha value is -1.36. The van der Waals surface area contributed by atoms with Crippen LogP contribution in [0, 0.1) is 11.3 Å². The molecule has 1 heterocycles. The number of ketones is 1. The number of nitrogens with one attached hydrogen (secondary N) is 1. The number of piperidine rings is 1. The standard InChI is InChI=1S/C15H16F3NO/c16-15(17,18)11-3-1-10(2-4-11)13(20)12-9-14(12)5-7-19-8-6-14/h1-4,12,19H,5-9H2. The molecule has 20 heavy (non-hydrogen) atoms. The number of benzene rings is 1. The molecule has 1 aromatic rings. The lowest BCUT2D eigenvalue weighted by molar-refractivity contribution is -0.137. The minimum absolute atomic E-state index is 0.000578. The zero-order valence-electron chi connectivity index (χ0n) is 11.0. The summed E-state index contributed by atoms with van der Waals surface area (Å²) < 4.78 is 37.5. The van der Waals surface area contributed by atoms with E-state index in [2.05, 4.69) is 5.32 Å². The Bertz CT molecular complexity index is 515. The van der Waals surface area contributed by atoms with Crippen molar-refractivity contribution in [3.63, 3.8) is 0 Å². The zero-order valence-corrected chi connectivity index (χ0v) is 11.0. The van der Waals surface area contributed by atoms with Gasteiger partial charge >= 0.3 is 6.18 Å². The van der Waals surface area contributed by atoms with Gasteiger partial charge in [-0.15, -0.1) is 0 Å². The molecule has 5 heteroatoms. The highest BCUT2D eigenvalue weighted by Crippen LogP contribution is 2.59. The average molecular weight is 283 g/mol. The summed E-state index contributed by atoms with van der Waals surface area (Å²) in [5, 5.41) is 3.27. The molecular formula is C15H16F3NO. The average Bonchev–Trinajstić information content (AvgIpc) is 3.11. The molecule has 0 aromatic heterocycles. The van der Waals surface area contributed by atoms with Gasteiger partial charge in [-0.05, 0) is 49.9 Å². The Balaban J connectivity index is 1.72. The van der Waals surface area contributed by atoms with E-state index >= 15 is 0 Å². The summed E-state index contributed by atoms with van der Waals surface area (Å²) in [5.41, 5.74) is -0.190. The van der Waals surface area contributed by atoms with Gasteiger partial charge in [0.15, 0.2) is 5.78 Å². The fourth-order valence-electron chi connectivity index (χ4n) is 3.22. The summed E-state index contributed by atoms with van der Waals surface area (Å²) in [6.07, 6.45) is -1.49. The van der Waals surface area contributed by atoms with Crippen LogP contribution >= 0.6 is 0 Å². The van der Waals surface area contributed by atoms with Crippen LogP contribution in [0.1, 0.15) is 35.2 Å². The van der Waals surface area contributed by atoms with Gasteiger partial charge in [0.05, 0.1) is 5.56 Å². The van der Waals surface area contributed by atoms with Gasteiger partial charge in [0.25, 0.3) is 0 Å². The molecule has 2 nitrogen and oxygen atoms in total. The van der Waals surface area contributed by atoms with E-state index in [0.29, 0.717) is 5.56 Å². The number of carbonyl (C=O) groups excluding carboxylic acids is 1. The first-order valence-corrected chi connectivity index (χ1v) is 6.85. The van der Waals surface area contributed by atoms with E-state index in [4.69, 9.17) is 0 Å². The first kappa shape index (κ1) is 13.6. The Labute approximate surface area is 115 Å². The van der Waals surface area contributed by atoms with Crippen LogP contribution in [0.2, 0.25) is 0 Å². The van der Waals surface area contributed by atoms with Crippen molar-refractivity contribution in [2.45, 2.75) is 25.4 Å². The van der Waals surface area contributed by atoms with Crippen LogP contribution in [0.25, 0.3) is 0 Å². The van der Waals surface area contributed by atoms with Crippen molar-refractivity contribution in [1.29, 1.82) is 0 Å². The summed E-state index contributed by atoms with van der Waals surface area (Å²) in [5.74, 6) is 0.00182. The van der Waals surface area contributed by atoms with E-state index < -0.39 is 11.7 Å². The molecular weight excluding hydrogens is 267 g/mol. The molecule has 1 unspecified atom stereocenters. The van der Waals surface area contributed by atoms with Crippen molar-refractivity contribution in [3.8, 4) is 0 Å². The van der Waals surface area contributed by atoms with E-state index in [1.165, 1.54) is 12.1 Å². The number of hydrogen-bond acceptors (Lipinski definition) is 2. The predicted octanol–water partition coefficient (Wildman–Crippen LogP) is 3.28. The lowest BCUT2D eigenvalue weighted by Gasteiger charge is -2.23. The number of alkyl halides is 3. The Kier molecular flexibility index (Phi) is 3.12. The predicted molar refractivity (Wildman–Crippen MR) is 68.4 cm³/mol.